The fraction of sp³-hybridized carbons (Fsp3) is 0.0400. The molecule has 0 aromatic heterocycles. The Bertz CT molecular complexity index is 1050. The predicted octanol–water partition coefficient (Wildman–Crippen LogP) is 7.01. The van der Waals surface area contributed by atoms with Gasteiger partial charge in [-0.05, 0) is 78.4 Å². The molecule has 4 rings (SSSR count). The van der Waals surface area contributed by atoms with Crippen molar-refractivity contribution >= 4 is 31.9 Å². The molecule has 144 valence electrons. The summed E-state index contributed by atoms with van der Waals surface area (Å²) in [5.74, 6) is 0.381. The summed E-state index contributed by atoms with van der Waals surface area (Å²) in [5, 5.41) is 20.2. The SMILES string of the molecule is Oc1ccc(C(c2ccccc2)(c2ccccc2)c2ccc(O)c(Br)c2)cc1Br. The van der Waals surface area contributed by atoms with Crippen molar-refractivity contribution in [2.75, 3.05) is 0 Å². The maximum absolute atomic E-state index is 10.1. The number of benzene rings is 4. The summed E-state index contributed by atoms with van der Waals surface area (Å²) in [6, 6.07) is 31.7. The van der Waals surface area contributed by atoms with Crippen molar-refractivity contribution in [3.05, 3.63) is 128 Å². The minimum atomic E-state index is -0.644. The van der Waals surface area contributed by atoms with Crippen molar-refractivity contribution in [2.24, 2.45) is 0 Å². The Morgan fingerprint density at radius 3 is 1.21 bits per heavy atom. The van der Waals surface area contributed by atoms with E-state index in [1.165, 1.54) is 0 Å². The van der Waals surface area contributed by atoms with Crippen LogP contribution in [0.5, 0.6) is 11.5 Å². The molecular formula is C25H18Br2O2. The highest BCUT2D eigenvalue weighted by atomic mass is 79.9. The Balaban J connectivity index is 2.16. The molecule has 0 saturated carbocycles. The quantitative estimate of drug-likeness (QED) is 0.290. The lowest BCUT2D eigenvalue weighted by Gasteiger charge is -2.37. The Labute approximate surface area is 186 Å². The van der Waals surface area contributed by atoms with Crippen molar-refractivity contribution < 1.29 is 10.2 Å². The molecule has 0 unspecified atom stereocenters. The third-order valence-corrected chi connectivity index (χ3v) is 6.45. The fourth-order valence-corrected chi connectivity index (χ4v) is 4.61. The van der Waals surface area contributed by atoms with Gasteiger partial charge in [0.25, 0.3) is 0 Å². The van der Waals surface area contributed by atoms with Crippen LogP contribution in [-0.2, 0) is 5.41 Å². The van der Waals surface area contributed by atoms with Gasteiger partial charge in [0.05, 0.1) is 14.4 Å². The van der Waals surface area contributed by atoms with E-state index in [2.05, 4.69) is 56.1 Å². The number of rotatable bonds is 4. The van der Waals surface area contributed by atoms with E-state index in [0.717, 1.165) is 22.3 Å². The van der Waals surface area contributed by atoms with Gasteiger partial charge in [0, 0.05) is 0 Å². The molecule has 0 atom stereocenters. The first-order chi connectivity index (χ1) is 14.0. The van der Waals surface area contributed by atoms with Gasteiger partial charge in [-0.15, -0.1) is 0 Å². The number of hydrogen-bond donors (Lipinski definition) is 2. The highest BCUT2D eigenvalue weighted by molar-refractivity contribution is 9.10. The van der Waals surface area contributed by atoms with Gasteiger partial charge in [-0.2, -0.15) is 0 Å². The van der Waals surface area contributed by atoms with E-state index in [9.17, 15) is 10.2 Å². The molecule has 4 aromatic rings. The van der Waals surface area contributed by atoms with E-state index in [0.29, 0.717) is 8.95 Å². The molecule has 0 bridgehead atoms. The average Bonchev–Trinajstić information content (AvgIpc) is 2.75. The van der Waals surface area contributed by atoms with Crippen molar-refractivity contribution in [1.29, 1.82) is 0 Å². The van der Waals surface area contributed by atoms with Crippen LogP contribution in [-0.4, -0.2) is 10.2 Å². The van der Waals surface area contributed by atoms with Crippen molar-refractivity contribution in [3.63, 3.8) is 0 Å². The van der Waals surface area contributed by atoms with Gasteiger partial charge in [-0.25, -0.2) is 0 Å². The molecule has 0 spiro atoms. The average molecular weight is 510 g/mol. The molecule has 0 radical (unpaired) electrons. The van der Waals surface area contributed by atoms with Crippen LogP contribution in [0, 0.1) is 0 Å². The summed E-state index contributed by atoms with van der Waals surface area (Å²) in [5.41, 5.74) is 3.52. The molecule has 4 heteroatoms. The number of phenols is 2. The number of halogens is 2. The normalized spacial score (nSPS) is 11.4. The summed E-state index contributed by atoms with van der Waals surface area (Å²) in [6.45, 7) is 0. The van der Waals surface area contributed by atoms with Crippen molar-refractivity contribution in [2.45, 2.75) is 5.41 Å². The first-order valence-electron chi connectivity index (χ1n) is 9.12. The topological polar surface area (TPSA) is 40.5 Å². The molecule has 0 heterocycles. The zero-order chi connectivity index (χ0) is 20.4. The van der Waals surface area contributed by atoms with E-state index < -0.39 is 5.41 Å². The summed E-state index contributed by atoms with van der Waals surface area (Å²) in [6.07, 6.45) is 0. The van der Waals surface area contributed by atoms with Crippen LogP contribution < -0.4 is 0 Å². The van der Waals surface area contributed by atoms with Crippen molar-refractivity contribution in [3.8, 4) is 11.5 Å². The van der Waals surface area contributed by atoms with Crippen LogP contribution in [0.1, 0.15) is 22.3 Å². The zero-order valence-electron chi connectivity index (χ0n) is 15.4. The van der Waals surface area contributed by atoms with E-state index in [1.54, 1.807) is 12.1 Å². The molecule has 0 amide bonds. The van der Waals surface area contributed by atoms with Gasteiger partial charge in [0.2, 0.25) is 0 Å². The second kappa shape index (κ2) is 8.05. The van der Waals surface area contributed by atoms with Gasteiger partial charge in [0.15, 0.2) is 0 Å². The van der Waals surface area contributed by atoms with Crippen LogP contribution >= 0.6 is 31.9 Å². The van der Waals surface area contributed by atoms with E-state index >= 15 is 0 Å². The van der Waals surface area contributed by atoms with Gasteiger partial charge in [0.1, 0.15) is 11.5 Å². The minimum absolute atomic E-state index is 0.190. The largest absolute Gasteiger partial charge is 0.507 e. The molecule has 0 fully saturated rings. The lowest BCUT2D eigenvalue weighted by molar-refractivity contribution is 0.471. The maximum atomic E-state index is 10.1. The third-order valence-electron chi connectivity index (χ3n) is 5.17. The second-order valence-electron chi connectivity index (χ2n) is 6.81. The second-order valence-corrected chi connectivity index (χ2v) is 8.52. The van der Waals surface area contributed by atoms with E-state index in [1.807, 2.05) is 60.7 Å². The molecule has 2 nitrogen and oxygen atoms in total. The molecule has 0 aliphatic heterocycles. The highest BCUT2D eigenvalue weighted by Crippen LogP contribution is 2.47. The van der Waals surface area contributed by atoms with Crippen LogP contribution in [0.2, 0.25) is 0 Å². The summed E-state index contributed by atoms with van der Waals surface area (Å²) >= 11 is 6.97. The smallest absolute Gasteiger partial charge is 0.129 e. The first-order valence-corrected chi connectivity index (χ1v) is 10.7. The Kier molecular flexibility index (Phi) is 5.48. The lowest BCUT2D eigenvalue weighted by atomic mass is 9.65. The van der Waals surface area contributed by atoms with Gasteiger partial charge in [-0.3, -0.25) is 0 Å². The molecule has 2 N–H and O–H groups in total. The van der Waals surface area contributed by atoms with Gasteiger partial charge >= 0.3 is 0 Å². The third kappa shape index (κ3) is 3.47. The molecule has 0 aliphatic rings. The Morgan fingerprint density at radius 1 is 0.483 bits per heavy atom. The first kappa shape index (κ1) is 19.7. The van der Waals surface area contributed by atoms with Crippen LogP contribution in [0.3, 0.4) is 0 Å². The fourth-order valence-electron chi connectivity index (χ4n) is 3.86. The standard InChI is InChI=1S/C25H18Br2O2/c26-21-15-19(11-13-23(21)28)25(17-7-3-1-4-8-17,18-9-5-2-6-10-18)20-12-14-24(29)22(27)16-20/h1-16,28-29H. The minimum Gasteiger partial charge on any atom is -0.507 e. The lowest BCUT2D eigenvalue weighted by Crippen LogP contribution is -2.31. The number of aromatic hydroxyl groups is 2. The molecule has 29 heavy (non-hydrogen) atoms. The number of hydrogen-bond acceptors (Lipinski definition) is 2. The monoisotopic (exact) mass is 508 g/mol. The molecule has 4 aromatic carbocycles. The van der Waals surface area contributed by atoms with Gasteiger partial charge < -0.3 is 10.2 Å². The number of phenolic OH excluding ortho intramolecular Hbond substituents is 2. The predicted molar refractivity (Wildman–Crippen MR) is 123 cm³/mol. The zero-order valence-corrected chi connectivity index (χ0v) is 18.6. The summed E-state index contributed by atoms with van der Waals surface area (Å²) in [4.78, 5) is 0. The van der Waals surface area contributed by atoms with Crippen LogP contribution in [0.4, 0.5) is 0 Å². The van der Waals surface area contributed by atoms with E-state index in [4.69, 9.17) is 0 Å². The Hall–Kier alpha value is -2.56. The van der Waals surface area contributed by atoms with Crippen LogP contribution in [0.15, 0.2) is 106 Å². The molecular weight excluding hydrogens is 492 g/mol. The van der Waals surface area contributed by atoms with Crippen molar-refractivity contribution in [1.82, 2.24) is 0 Å². The maximum Gasteiger partial charge on any atom is 0.129 e. The molecule has 0 saturated heterocycles. The van der Waals surface area contributed by atoms with Crippen LogP contribution in [0.25, 0.3) is 0 Å². The Morgan fingerprint density at radius 2 is 0.862 bits per heavy atom. The summed E-state index contributed by atoms with van der Waals surface area (Å²) in [7, 11) is 0. The highest BCUT2D eigenvalue weighted by Gasteiger charge is 2.39. The van der Waals surface area contributed by atoms with Gasteiger partial charge in [-0.1, -0.05) is 72.8 Å². The van der Waals surface area contributed by atoms with E-state index in [-0.39, 0.29) is 11.5 Å². The molecule has 0 aliphatic carbocycles. The summed E-state index contributed by atoms with van der Waals surface area (Å²) < 4.78 is 1.26.